The minimum atomic E-state index is -0.674. The van der Waals surface area contributed by atoms with Gasteiger partial charge in [-0.3, -0.25) is 5.32 Å². The number of carbonyl (C=O) groups is 1. The number of nitrogens with two attached hydrogens (primary N) is 1. The summed E-state index contributed by atoms with van der Waals surface area (Å²) in [5.74, 6) is 0.790. The molecule has 1 aliphatic heterocycles. The Balaban J connectivity index is 2.12. The molecule has 0 saturated carbocycles. The number of primary amides is 1. The third-order valence-corrected chi connectivity index (χ3v) is 2.36. The molecule has 1 aromatic heterocycles. The van der Waals surface area contributed by atoms with E-state index < -0.39 is 6.03 Å². The fourth-order valence-corrected chi connectivity index (χ4v) is 1.69. The van der Waals surface area contributed by atoms with E-state index in [9.17, 15) is 4.79 Å². The SMILES string of the molecule is NC(=O)Nc1onnc1N1CCCCC1. The molecule has 0 unspecified atom stereocenters. The van der Waals surface area contributed by atoms with Crippen molar-refractivity contribution in [1.82, 2.24) is 10.4 Å². The topological polar surface area (TPSA) is 97.3 Å². The van der Waals surface area contributed by atoms with Gasteiger partial charge >= 0.3 is 6.03 Å². The number of carbonyl (C=O) groups excluding carboxylic acids is 1. The Morgan fingerprint density at radius 1 is 1.40 bits per heavy atom. The lowest BCUT2D eigenvalue weighted by atomic mass is 10.1. The highest BCUT2D eigenvalue weighted by Gasteiger charge is 2.20. The second kappa shape index (κ2) is 4.16. The predicted molar refractivity (Wildman–Crippen MR) is 53.6 cm³/mol. The first-order chi connectivity index (χ1) is 7.27. The first-order valence-electron chi connectivity index (χ1n) is 4.91. The Hall–Kier alpha value is -1.79. The average Bonchev–Trinajstić information content (AvgIpc) is 2.66. The molecule has 15 heavy (non-hydrogen) atoms. The van der Waals surface area contributed by atoms with Gasteiger partial charge in [-0.1, -0.05) is 5.10 Å². The maximum Gasteiger partial charge on any atom is 0.319 e. The van der Waals surface area contributed by atoms with Crippen molar-refractivity contribution in [1.29, 1.82) is 0 Å². The molecule has 0 atom stereocenters. The molecular weight excluding hydrogens is 198 g/mol. The zero-order valence-corrected chi connectivity index (χ0v) is 8.27. The van der Waals surface area contributed by atoms with Crippen molar-refractivity contribution in [2.75, 3.05) is 23.3 Å². The van der Waals surface area contributed by atoms with Crippen LogP contribution in [0.3, 0.4) is 0 Å². The monoisotopic (exact) mass is 211 g/mol. The number of nitrogens with zero attached hydrogens (tertiary/aromatic N) is 3. The maximum absolute atomic E-state index is 10.7. The molecule has 0 bridgehead atoms. The molecule has 2 amide bonds. The standard InChI is InChI=1S/C8H13N5O2/c9-8(14)10-7-6(11-12-15-7)13-4-2-1-3-5-13/h1-5H2,(H3,9,10,14). The smallest absolute Gasteiger partial charge is 0.319 e. The van der Waals surface area contributed by atoms with E-state index in [0.717, 1.165) is 25.9 Å². The van der Waals surface area contributed by atoms with Gasteiger partial charge < -0.3 is 15.2 Å². The molecule has 2 heterocycles. The van der Waals surface area contributed by atoms with E-state index in [1.54, 1.807) is 0 Å². The van der Waals surface area contributed by atoms with Crippen LogP contribution >= 0.6 is 0 Å². The lowest BCUT2D eigenvalue weighted by molar-refractivity contribution is 0.258. The van der Waals surface area contributed by atoms with Gasteiger partial charge in [0.2, 0.25) is 5.82 Å². The van der Waals surface area contributed by atoms with Crippen LogP contribution in [0.25, 0.3) is 0 Å². The van der Waals surface area contributed by atoms with Gasteiger partial charge in [0, 0.05) is 18.4 Å². The second-order valence-electron chi connectivity index (χ2n) is 3.46. The first kappa shape index (κ1) is 9.75. The van der Waals surface area contributed by atoms with Crippen LogP contribution in [0.2, 0.25) is 0 Å². The summed E-state index contributed by atoms with van der Waals surface area (Å²) >= 11 is 0. The minimum Gasteiger partial charge on any atom is -0.351 e. The van der Waals surface area contributed by atoms with Crippen molar-refractivity contribution in [3.63, 3.8) is 0 Å². The summed E-state index contributed by atoms with van der Waals surface area (Å²) in [6.07, 6.45) is 3.45. The fourth-order valence-electron chi connectivity index (χ4n) is 1.69. The molecule has 0 radical (unpaired) electrons. The van der Waals surface area contributed by atoms with Crippen LogP contribution in [0, 0.1) is 0 Å². The maximum atomic E-state index is 10.7. The van der Waals surface area contributed by atoms with Crippen molar-refractivity contribution >= 4 is 17.7 Å². The molecule has 1 fully saturated rings. The van der Waals surface area contributed by atoms with E-state index >= 15 is 0 Å². The van der Waals surface area contributed by atoms with Gasteiger partial charge in [0.05, 0.1) is 0 Å². The van der Waals surface area contributed by atoms with E-state index in [2.05, 4.69) is 15.7 Å². The highest BCUT2D eigenvalue weighted by molar-refractivity contribution is 5.88. The Bertz CT molecular complexity index is 345. The lowest BCUT2D eigenvalue weighted by Crippen LogP contribution is -2.31. The quantitative estimate of drug-likeness (QED) is 0.744. The summed E-state index contributed by atoms with van der Waals surface area (Å²) in [5, 5.41) is 9.60. The van der Waals surface area contributed by atoms with Crippen LogP contribution in [0.15, 0.2) is 4.52 Å². The van der Waals surface area contributed by atoms with Crippen LogP contribution in [-0.4, -0.2) is 29.5 Å². The number of nitrogens with one attached hydrogen (secondary N) is 1. The number of anilines is 2. The highest BCUT2D eigenvalue weighted by Crippen LogP contribution is 2.25. The number of aromatic nitrogens is 2. The summed E-state index contributed by atoms with van der Waals surface area (Å²) < 4.78 is 4.81. The van der Waals surface area contributed by atoms with Crippen LogP contribution in [0.4, 0.5) is 16.5 Å². The number of hydrogen-bond donors (Lipinski definition) is 2. The van der Waals surface area contributed by atoms with E-state index in [-0.39, 0.29) is 5.88 Å². The van der Waals surface area contributed by atoms with Gasteiger partial charge in [0.1, 0.15) is 0 Å². The molecule has 7 heteroatoms. The normalized spacial score (nSPS) is 16.4. The van der Waals surface area contributed by atoms with E-state index in [1.807, 2.05) is 4.90 Å². The molecule has 7 nitrogen and oxygen atoms in total. The minimum absolute atomic E-state index is 0.226. The lowest BCUT2D eigenvalue weighted by Gasteiger charge is -2.25. The molecule has 0 aromatic carbocycles. The van der Waals surface area contributed by atoms with Crippen molar-refractivity contribution in [3.05, 3.63) is 0 Å². The summed E-state index contributed by atoms with van der Waals surface area (Å²) in [6.45, 7) is 1.81. The molecule has 2 rings (SSSR count). The van der Waals surface area contributed by atoms with Crippen LogP contribution in [-0.2, 0) is 0 Å². The fraction of sp³-hybridized carbons (Fsp3) is 0.625. The van der Waals surface area contributed by atoms with Crippen LogP contribution < -0.4 is 16.0 Å². The third-order valence-electron chi connectivity index (χ3n) is 2.36. The van der Waals surface area contributed by atoms with Gasteiger partial charge in [0.15, 0.2) is 0 Å². The van der Waals surface area contributed by atoms with Gasteiger partial charge in [-0.05, 0) is 19.3 Å². The number of hydrogen-bond acceptors (Lipinski definition) is 5. The number of urea groups is 1. The van der Waals surface area contributed by atoms with Gasteiger partial charge in [-0.15, -0.1) is 0 Å². The zero-order chi connectivity index (χ0) is 10.7. The summed E-state index contributed by atoms with van der Waals surface area (Å²) in [6, 6.07) is -0.674. The van der Waals surface area contributed by atoms with Gasteiger partial charge in [0.25, 0.3) is 5.88 Å². The Morgan fingerprint density at radius 3 is 2.80 bits per heavy atom. The van der Waals surface area contributed by atoms with E-state index in [1.165, 1.54) is 6.42 Å². The second-order valence-corrected chi connectivity index (χ2v) is 3.46. The Morgan fingerprint density at radius 2 is 2.13 bits per heavy atom. The summed E-state index contributed by atoms with van der Waals surface area (Å²) in [7, 11) is 0. The van der Waals surface area contributed by atoms with Crippen molar-refractivity contribution in [3.8, 4) is 0 Å². The van der Waals surface area contributed by atoms with Gasteiger partial charge in [-0.25, -0.2) is 4.79 Å². The number of amides is 2. The highest BCUT2D eigenvalue weighted by atomic mass is 16.5. The summed E-state index contributed by atoms with van der Waals surface area (Å²) in [4.78, 5) is 12.7. The molecule has 1 aromatic rings. The Labute approximate surface area is 86.6 Å². The van der Waals surface area contributed by atoms with E-state index in [0.29, 0.717) is 5.82 Å². The predicted octanol–water partition coefficient (Wildman–Crippen LogP) is 0.550. The molecule has 1 saturated heterocycles. The number of rotatable bonds is 2. The van der Waals surface area contributed by atoms with Gasteiger partial charge in [-0.2, -0.15) is 0 Å². The molecule has 0 spiro atoms. The molecule has 3 N–H and O–H groups in total. The van der Waals surface area contributed by atoms with E-state index in [4.69, 9.17) is 10.3 Å². The van der Waals surface area contributed by atoms with Crippen LogP contribution in [0.5, 0.6) is 0 Å². The summed E-state index contributed by atoms with van der Waals surface area (Å²) in [5.41, 5.74) is 5.00. The molecule has 0 aliphatic carbocycles. The van der Waals surface area contributed by atoms with Crippen molar-refractivity contribution < 1.29 is 9.32 Å². The molecule has 1 aliphatic rings. The van der Waals surface area contributed by atoms with Crippen molar-refractivity contribution in [2.45, 2.75) is 19.3 Å². The Kier molecular flexibility index (Phi) is 2.70. The first-order valence-corrected chi connectivity index (χ1v) is 4.91. The number of piperidine rings is 1. The molecule has 82 valence electrons. The van der Waals surface area contributed by atoms with Crippen LogP contribution in [0.1, 0.15) is 19.3 Å². The zero-order valence-electron chi connectivity index (χ0n) is 8.27. The third kappa shape index (κ3) is 2.17. The average molecular weight is 211 g/mol. The largest absolute Gasteiger partial charge is 0.351 e. The molecular formula is C8H13N5O2. The van der Waals surface area contributed by atoms with Crippen molar-refractivity contribution in [2.24, 2.45) is 5.73 Å².